The van der Waals surface area contributed by atoms with E-state index in [0.29, 0.717) is 17.9 Å². The Bertz CT molecular complexity index is 457. The molecule has 0 saturated heterocycles. The van der Waals surface area contributed by atoms with E-state index in [4.69, 9.17) is 11.0 Å². The van der Waals surface area contributed by atoms with E-state index < -0.39 is 0 Å². The Morgan fingerprint density at radius 2 is 2.29 bits per heavy atom. The molecule has 70 valence electrons. The SMILES string of the molecule is N#CC1=C(N)NCc2cc(Br)ccc21. The van der Waals surface area contributed by atoms with E-state index in [1.807, 2.05) is 18.2 Å². The van der Waals surface area contributed by atoms with Gasteiger partial charge in [0.2, 0.25) is 0 Å². The molecule has 3 N–H and O–H groups in total. The second-order valence-electron chi connectivity index (χ2n) is 3.06. The highest BCUT2D eigenvalue weighted by Crippen LogP contribution is 2.26. The average Bonchev–Trinajstić information content (AvgIpc) is 2.18. The lowest BCUT2D eigenvalue weighted by Crippen LogP contribution is -2.25. The van der Waals surface area contributed by atoms with Gasteiger partial charge in [-0.2, -0.15) is 5.26 Å². The molecule has 0 aliphatic carbocycles. The van der Waals surface area contributed by atoms with Crippen LogP contribution in [0.25, 0.3) is 5.57 Å². The van der Waals surface area contributed by atoms with Crippen molar-refractivity contribution >= 4 is 21.5 Å². The summed E-state index contributed by atoms with van der Waals surface area (Å²) in [4.78, 5) is 0. The summed E-state index contributed by atoms with van der Waals surface area (Å²) >= 11 is 3.39. The molecule has 1 heterocycles. The first-order chi connectivity index (χ1) is 6.72. The summed E-state index contributed by atoms with van der Waals surface area (Å²) in [6.45, 7) is 0.672. The van der Waals surface area contributed by atoms with Gasteiger partial charge in [-0.05, 0) is 17.7 Å². The number of benzene rings is 1. The number of fused-ring (bicyclic) bond motifs is 1. The summed E-state index contributed by atoms with van der Waals surface area (Å²) in [5, 5.41) is 11.9. The maximum atomic E-state index is 8.94. The van der Waals surface area contributed by atoms with Crippen LogP contribution >= 0.6 is 15.9 Å². The van der Waals surface area contributed by atoms with Crippen LogP contribution in [0.5, 0.6) is 0 Å². The maximum absolute atomic E-state index is 8.94. The van der Waals surface area contributed by atoms with Crippen LogP contribution in [-0.2, 0) is 6.54 Å². The second kappa shape index (κ2) is 3.35. The molecule has 0 saturated carbocycles. The molecule has 14 heavy (non-hydrogen) atoms. The summed E-state index contributed by atoms with van der Waals surface area (Å²) in [7, 11) is 0. The number of hydrogen-bond acceptors (Lipinski definition) is 3. The van der Waals surface area contributed by atoms with Gasteiger partial charge < -0.3 is 11.1 Å². The smallest absolute Gasteiger partial charge is 0.115 e. The van der Waals surface area contributed by atoms with Gasteiger partial charge in [0.25, 0.3) is 0 Å². The van der Waals surface area contributed by atoms with Crippen molar-refractivity contribution < 1.29 is 0 Å². The molecule has 2 rings (SSSR count). The standard InChI is InChI=1S/C10H8BrN3/c11-7-1-2-8-6(3-7)5-14-10(13)9(8)4-12/h1-3,14H,5,13H2. The topological polar surface area (TPSA) is 61.8 Å². The van der Waals surface area contributed by atoms with Gasteiger partial charge in [-0.1, -0.05) is 22.0 Å². The zero-order valence-corrected chi connectivity index (χ0v) is 8.93. The third-order valence-corrected chi connectivity index (χ3v) is 2.68. The lowest BCUT2D eigenvalue weighted by Gasteiger charge is -2.18. The number of hydrogen-bond donors (Lipinski definition) is 2. The molecular formula is C10H8BrN3. The van der Waals surface area contributed by atoms with Gasteiger partial charge in [0.15, 0.2) is 0 Å². The Kier molecular flexibility index (Phi) is 2.18. The molecule has 1 aromatic carbocycles. The van der Waals surface area contributed by atoms with Gasteiger partial charge in [-0.15, -0.1) is 0 Å². The predicted molar refractivity (Wildman–Crippen MR) is 57.7 cm³/mol. The highest BCUT2D eigenvalue weighted by Gasteiger charge is 2.16. The molecule has 1 aliphatic rings. The van der Waals surface area contributed by atoms with Crippen LogP contribution in [0.2, 0.25) is 0 Å². The zero-order chi connectivity index (χ0) is 10.1. The highest BCUT2D eigenvalue weighted by molar-refractivity contribution is 9.10. The van der Waals surface area contributed by atoms with E-state index in [-0.39, 0.29) is 0 Å². The molecule has 0 atom stereocenters. The first kappa shape index (κ1) is 9.10. The lowest BCUT2D eigenvalue weighted by molar-refractivity contribution is 0.785. The highest BCUT2D eigenvalue weighted by atomic mass is 79.9. The molecule has 0 bridgehead atoms. The summed E-state index contributed by atoms with van der Waals surface area (Å²) in [6, 6.07) is 7.92. The average molecular weight is 250 g/mol. The fourth-order valence-corrected chi connectivity index (χ4v) is 1.91. The van der Waals surface area contributed by atoms with E-state index in [9.17, 15) is 0 Å². The first-order valence-electron chi connectivity index (χ1n) is 4.15. The van der Waals surface area contributed by atoms with Crippen molar-refractivity contribution in [2.45, 2.75) is 6.54 Å². The van der Waals surface area contributed by atoms with Crippen molar-refractivity contribution in [2.24, 2.45) is 5.73 Å². The number of nitrogens with two attached hydrogens (primary N) is 1. The van der Waals surface area contributed by atoms with Gasteiger partial charge in [-0.25, -0.2) is 0 Å². The maximum Gasteiger partial charge on any atom is 0.115 e. The Morgan fingerprint density at radius 3 is 3.00 bits per heavy atom. The third kappa shape index (κ3) is 1.36. The summed E-state index contributed by atoms with van der Waals surface area (Å²) in [5.74, 6) is 0.460. The van der Waals surface area contributed by atoms with E-state index in [2.05, 4.69) is 27.3 Å². The molecule has 3 nitrogen and oxygen atoms in total. The minimum atomic E-state index is 0.460. The van der Waals surface area contributed by atoms with Crippen LogP contribution in [0, 0.1) is 11.3 Å². The molecule has 0 amide bonds. The molecule has 4 heteroatoms. The summed E-state index contributed by atoms with van der Waals surface area (Å²) in [6.07, 6.45) is 0. The van der Waals surface area contributed by atoms with Crippen molar-refractivity contribution in [3.05, 3.63) is 39.6 Å². The van der Waals surface area contributed by atoms with Crippen molar-refractivity contribution in [3.63, 3.8) is 0 Å². The van der Waals surface area contributed by atoms with Crippen LogP contribution in [-0.4, -0.2) is 0 Å². The zero-order valence-electron chi connectivity index (χ0n) is 7.34. The van der Waals surface area contributed by atoms with E-state index in [0.717, 1.165) is 15.6 Å². The van der Waals surface area contributed by atoms with E-state index in [1.165, 1.54) is 0 Å². The van der Waals surface area contributed by atoms with Crippen LogP contribution < -0.4 is 11.1 Å². The van der Waals surface area contributed by atoms with Crippen molar-refractivity contribution in [2.75, 3.05) is 0 Å². The Balaban J connectivity index is 2.63. The van der Waals surface area contributed by atoms with Crippen LogP contribution in [0.4, 0.5) is 0 Å². The quantitative estimate of drug-likeness (QED) is 0.736. The van der Waals surface area contributed by atoms with Crippen molar-refractivity contribution in [3.8, 4) is 6.07 Å². The molecular weight excluding hydrogens is 242 g/mol. The molecule has 0 aromatic heterocycles. The van der Waals surface area contributed by atoms with Gasteiger partial charge in [0.1, 0.15) is 11.9 Å². The lowest BCUT2D eigenvalue weighted by atomic mass is 9.98. The van der Waals surface area contributed by atoms with Gasteiger partial charge in [-0.3, -0.25) is 0 Å². The number of nitrogens with one attached hydrogen (secondary N) is 1. The van der Waals surface area contributed by atoms with Crippen molar-refractivity contribution in [1.29, 1.82) is 5.26 Å². The molecule has 1 aliphatic heterocycles. The molecule has 0 spiro atoms. The van der Waals surface area contributed by atoms with Gasteiger partial charge in [0, 0.05) is 16.6 Å². The Hall–Kier alpha value is -1.47. The minimum Gasteiger partial charge on any atom is -0.384 e. The summed E-state index contributed by atoms with van der Waals surface area (Å²) < 4.78 is 1.01. The largest absolute Gasteiger partial charge is 0.384 e. The predicted octanol–water partition coefficient (Wildman–Crippen LogP) is 1.70. The van der Waals surface area contributed by atoms with Gasteiger partial charge >= 0.3 is 0 Å². The van der Waals surface area contributed by atoms with Gasteiger partial charge in [0.05, 0.1) is 5.57 Å². The molecule has 1 aromatic rings. The number of rotatable bonds is 0. The monoisotopic (exact) mass is 249 g/mol. The van der Waals surface area contributed by atoms with Crippen molar-refractivity contribution in [1.82, 2.24) is 5.32 Å². The van der Waals surface area contributed by atoms with E-state index >= 15 is 0 Å². The molecule has 0 unspecified atom stereocenters. The van der Waals surface area contributed by atoms with Crippen LogP contribution in [0.1, 0.15) is 11.1 Å². The number of nitriles is 1. The fourth-order valence-electron chi connectivity index (χ4n) is 1.50. The van der Waals surface area contributed by atoms with Crippen LogP contribution in [0.15, 0.2) is 28.5 Å². The first-order valence-corrected chi connectivity index (χ1v) is 4.94. The Morgan fingerprint density at radius 1 is 1.50 bits per heavy atom. The minimum absolute atomic E-state index is 0.460. The second-order valence-corrected chi connectivity index (χ2v) is 3.97. The normalized spacial score (nSPS) is 14.3. The number of halogens is 1. The third-order valence-electron chi connectivity index (χ3n) is 2.19. The fraction of sp³-hybridized carbons (Fsp3) is 0.100. The van der Waals surface area contributed by atoms with Crippen LogP contribution in [0.3, 0.4) is 0 Å². The molecule has 0 fully saturated rings. The number of nitrogens with zero attached hydrogens (tertiary/aromatic N) is 1. The number of allylic oxidation sites excluding steroid dienone is 1. The molecule has 0 radical (unpaired) electrons. The Labute approximate surface area is 90.3 Å². The van der Waals surface area contributed by atoms with E-state index in [1.54, 1.807) is 0 Å². The summed E-state index contributed by atoms with van der Waals surface area (Å²) in [5.41, 5.74) is 8.21.